The Morgan fingerprint density at radius 3 is 2.39 bits per heavy atom. The Morgan fingerprint density at radius 2 is 1.70 bits per heavy atom. The Morgan fingerprint density at radius 1 is 1.00 bits per heavy atom. The lowest BCUT2D eigenvalue weighted by Crippen LogP contribution is -2.45. The summed E-state index contributed by atoms with van der Waals surface area (Å²) in [5.41, 5.74) is 1.64. The Bertz CT molecular complexity index is 729. The number of hydrogen-bond acceptors (Lipinski definition) is 3. The van der Waals surface area contributed by atoms with Crippen molar-refractivity contribution >= 4 is 22.4 Å². The zero-order valence-corrected chi connectivity index (χ0v) is 14.4. The first kappa shape index (κ1) is 17.9. The molecule has 1 aliphatic heterocycles. The maximum Gasteiger partial charge on any atom is 0.241 e. The number of benzene rings is 2. The van der Waals surface area contributed by atoms with Crippen molar-refractivity contribution < 1.29 is 8.42 Å². The third-order valence-electron chi connectivity index (χ3n) is 3.88. The fourth-order valence-electron chi connectivity index (χ4n) is 2.79. The van der Waals surface area contributed by atoms with Crippen molar-refractivity contribution in [3.8, 4) is 11.1 Å². The highest BCUT2D eigenvalue weighted by Gasteiger charge is 2.24. The molecule has 0 saturated carbocycles. The monoisotopic (exact) mass is 352 g/mol. The topological polar surface area (TPSA) is 58.2 Å². The minimum absolute atomic E-state index is 0. The normalized spacial score (nSPS) is 18.2. The van der Waals surface area contributed by atoms with Gasteiger partial charge in [0.1, 0.15) is 0 Å². The van der Waals surface area contributed by atoms with Crippen molar-refractivity contribution in [1.29, 1.82) is 0 Å². The van der Waals surface area contributed by atoms with Crippen molar-refractivity contribution in [3.63, 3.8) is 0 Å². The van der Waals surface area contributed by atoms with Crippen LogP contribution in [0, 0.1) is 0 Å². The van der Waals surface area contributed by atoms with Gasteiger partial charge >= 0.3 is 0 Å². The van der Waals surface area contributed by atoms with Crippen LogP contribution in [0.4, 0.5) is 0 Å². The molecule has 0 bridgehead atoms. The molecule has 4 nitrogen and oxygen atoms in total. The second-order valence-electron chi connectivity index (χ2n) is 5.53. The maximum absolute atomic E-state index is 12.8. The van der Waals surface area contributed by atoms with E-state index in [0.29, 0.717) is 11.4 Å². The van der Waals surface area contributed by atoms with Gasteiger partial charge in [-0.1, -0.05) is 48.5 Å². The SMILES string of the molecule is Cl.O=S(=O)(NC1CCCNC1)c1ccccc1-c1ccccc1. The van der Waals surface area contributed by atoms with Crippen LogP contribution in [0.1, 0.15) is 12.8 Å². The summed E-state index contributed by atoms with van der Waals surface area (Å²) in [6.07, 6.45) is 1.87. The van der Waals surface area contributed by atoms with Gasteiger partial charge in [0.2, 0.25) is 10.0 Å². The van der Waals surface area contributed by atoms with E-state index in [1.165, 1.54) is 0 Å². The highest BCUT2D eigenvalue weighted by atomic mass is 35.5. The molecule has 0 aromatic heterocycles. The summed E-state index contributed by atoms with van der Waals surface area (Å²) in [4.78, 5) is 0.340. The van der Waals surface area contributed by atoms with Crippen molar-refractivity contribution in [2.45, 2.75) is 23.8 Å². The summed E-state index contributed by atoms with van der Waals surface area (Å²) < 4.78 is 28.3. The van der Waals surface area contributed by atoms with E-state index in [1.807, 2.05) is 42.5 Å². The van der Waals surface area contributed by atoms with Gasteiger partial charge in [-0.3, -0.25) is 0 Å². The molecule has 0 aliphatic carbocycles. The van der Waals surface area contributed by atoms with Crippen LogP contribution in [0.15, 0.2) is 59.5 Å². The molecule has 1 aliphatic rings. The summed E-state index contributed by atoms with van der Waals surface area (Å²) in [6, 6.07) is 16.7. The van der Waals surface area contributed by atoms with E-state index in [4.69, 9.17) is 0 Å². The van der Waals surface area contributed by atoms with Crippen molar-refractivity contribution in [2.75, 3.05) is 13.1 Å². The van der Waals surface area contributed by atoms with Crippen molar-refractivity contribution in [2.24, 2.45) is 0 Å². The minimum Gasteiger partial charge on any atom is -0.315 e. The fourth-order valence-corrected chi connectivity index (χ4v) is 4.29. The molecule has 1 fully saturated rings. The first-order valence-electron chi connectivity index (χ1n) is 7.54. The van der Waals surface area contributed by atoms with Gasteiger partial charge in [0, 0.05) is 18.2 Å². The second-order valence-corrected chi connectivity index (χ2v) is 7.21. The highest BCUT2D eigenvalue weighted by Crippen LogP contribution is 2.27. The predicted molar refractivity (Wildman–Crippen MR) is 95.3 cm³/mol. The third-order valence-corrected chi connectivity index (χ3v) is 5.46. The van der Waals surface area contributed by atoms with Crippen LogP contribution in [-0.4, -0.2) is 27.5 Å². The Kier molecular flexibility index (Phi) is 6.18. The van der Waals surface area contributed by atoms with Crippen molar-refractivity contribution in [1.82, 2.24) is 10.0 Å². The quantitative estimate of drug-likeness (QED) is 0.889. The summed E-state index contributed by atoms with van der Waals surface area (Å²) in [7, 11) is -3.53. The molecule has 0 amide bonds. The molecule has 1 atom stereocenters. The lowest BCUT2D eigenvalue weighted by molar-refractivity contribution is 0.429. The van der Waals surface area contributed by atoms with Gasteiger partial charge in [-0.05, 0) is 31.0 Å². The van der Waals surface area contributed by atoms with Gasteiger partial charge in [0.05, 0.1) is 4.90 Å². The van der Waals surface area contributed by atoms with Crippen molar-refractivity contribution in [3.05, 3.63) is 54.6 Å². The molecular formula is C17H21ClN2O2S. The van der Waals surface area contributed by atoms with Gasteiger partial charge in [0.25, 0.3) is 0 Å². The first-order chi connectivity index (χ1) is 10.7. The third kappa shape index (κ3) is 4.32. The van der Waals surface area contributed by atoms with Gasteiger partial charge in [-0.2, -0.15) is 0 Å². The van der Waals surface area contributed by atoms with Gasteiger partial charge in [0.15, 0.2) is 0 Å². The van der Waals surface area contributed by atoms with Crippen LogP contribution in [-0.2, 0) is 10.0 Å². The van der Waals surface area contributed by atoms with E-state index < -0.39 is 10.0 Å². The summed E-state index contributed by atoms with van der Waals surface area (Å²) in [6.45, 7) is 1.64. The maximum atomic E-state index is 12.8. The van der Waals surface area contributed by atoms with Crippen LogP contribution in [0.2, 0.25) is 0 Å². The number of halogens is 1. The molecule has 3 rings (SSSR count). The lowest BCUT2D eigenvalue weighted by Gasteiger charge is -2.24. The van der Waals surface area contributed by atoms with Crippen LogP contribution >= 0.6 is 12.4 Å². The number of rotatable bonds is 4. The van der Waals surface area contributed by atoms with Gasteiger partial charge in [-0.15, -0.1) is 12.4 Å². The van der Waals surface area contributed by atoms with E-state index in [1.54, 1.807) is 12.1 Å². The molecule has 0 spiro atoms. The standard InChI is InChI=1S/C17H20N2O2S.ClH/c20-22(21,19-15-9-6-12-18-13-15)17-11-5-4-10-16(17)14-7-2-1-3-8-14;/h1-5,7-8,10-11,15,18-19H,6,9,12-13H2;1H. The summed E-state index contributed by atoms with van der Waals surface area (Å²) in [5, 5.41) is 3.23. The lowest BCUT2D eigenvalue weighted by atomic mass is 10.1. The Hall–Kier alpha value is -1.40. The van der Waals surface area contributed by atoms with E-state index in [0.717, 1.165) is 30.5 Å². The molecule has 1 saturated heterocycles. The fraction of sp³-hybridized carbons (Fsp3) is 0.294. The molecule has 23 heavy (non-hydrogen) atoms. The van der Waals surface area contributed by atoms with E-state index >= 15 is 0 Å². The van der Waals surface area contributed by atoms with E-state index in [2.05, 4.69) is 10.0 Å². The summed E-state index contributed by atoms with van der Waals surface area (Å²) >= 11 is 0. The zero-order chi connectivity index (χ0) is 15.4. The number of hydrogen-bond donors (Lipinski definition) is 2. The van der Waals surface area contributed by atoms with Gasteiger partial charge < -0.3 is 5.32 Å². The molecule has 2 aromatic rings. The molecule has 2 aromatic carbocycles. The largest absolute Gasteiger partial charge is 0.315 e. The van der Waals surface area contributed by atoms with Crippen LogP contribution < -0.4 is 10.0 Å². The smallest absolute Gasteiger partial charge is 0.241 e. The van der Waals surface area contributed by atoms with Crippen LogP contribution in [0.3, 0.4) is 0 Å². The zero-order valence-electron chi connectivity index (χ0n) is 12.7. The molecule has 1 unspecified atom stereocenters. The summed E-state index contributed by atoms with van der Waals surface area (Å²) in [5.74, 6) is 0. The Balaban J connectivity index is 0.00000192. The second kappa shape index (κ2) is 7.93. The van der Waals surface area contributed by atoms with E-state index in [9.17, 15) is 8.42 Å². The number of piperidine rings is 1. The molecule has 124 valence electrons. The van der Waals surface area contributed by atoms with E-state index in [-0.39, 0.29) is 18.4 Å². The average Bonchev–Trinajstić information content (AvgIpc) is 2.56. The predicted octanol–water partition coefficient (Wildman–Crippen LogP) is 2.81. The number of nitrogens with one attached hydrogen (secondary N) is 2. The molecular weight excluding hydrogens is 332 g/mol. The number of sulfonamides is 1. The molecule has 1 heterocycles. The molecule has 0 radical (unpaired) electrons. The average molecular weight is 353 g/mol. The van der Waals surface area contributed by atoms with Gasteiger partial charge in [-0.25, -0.2) is 13.1 Å². The van der Waals surface area contributed by atoms with Crippen LogP contribution in [0.5, 0.6) is 0 Å². The Labute approximate surface area is 143 Å². The first-order valence-corrected chi connectivity index (χ1v) is 9.03. The highest BCUT2D eigenvalue weighted by molar-refractivity contribution is 7.89. The van der Waals surface area contributed by atoms with Crippen LogP contribution in [0.25, 0.3) is 11.1 Å². The molecule has 2 N–H and O–H groups in total. The minimum atomic E-state index is -3.53. The molecule has 6 heteroatoms.